The number of rotatable bonds is 14. The Labute approximate surface area is 171 Å². The van der Waals surface area contributed by atoms with Crippen molar-refractivity contribution in [3.8, 4) is 0 Å². The van der Waals surface area contributed by atoms with E-state index in [9.17, 15) is 8.42 Å². The smallest absolute Gasteiger partial charge is 1.00 e. The van der Waals surface area contributed by atoms with Gasteiger partial charge in [-0.25, -0.2) is 0 Å². The van der Waals surface area contributed by atoms with Crippen LogP contribution in [0.1, 0.15) is 91.2 Å². The molecular formula is C18H33NaO4S. The van der Waals surface area contributed by atoms with E-state index in [0.717, 1.165) is 19.3 Å². The number of aryl methyl sites for hydroxylation is 1. The Morgan fingerprint density at radius 3 is 1.75 bits per heavy atom. The van der Waals surface area contributed by atoms with Crippen LogP contribution in [0.2, 0.25) is 0 Å². The number of hydrogen-bond acceptors (Lipinski definition) is 3. The Morgan fingerprint density at radius 1 is 0.875 bits per heavy atom. The molecule has 1 rings (SSSR count). The van der Waals surface area contributed by atoms with Crippen molar-refractivity contribution in [2.75, 3.05) is 0 Å². The molecule has 24 heavy (non-hydrogen) atoms. The zero-order valence-corrected chi connectivity index (χ0v) is 18.2. The van der Waals surface area contributed by atoms with Crippen LogP contribution in [-0.2, 0) is 16.5 Å². The second-order valence-corrected chi connectivity index (χ2v) is 7.69. The first-order valence-electron chi connectivity index (χ1n) is 9.10. The van der Waals surface area contributed by atoms with Crippen LogP contribution >= 0.6 is 0 Å². The summed E-state index contributed by atoms with van der Waals surface area (Å²) in [7, 11) is -4.20. The van der Waals surface area contributed by atoms with Crippen molar-refractivity contribution in [2.45, 2.75) is 95.5 Å². The molecule has 0 aliphatic carbocycles. The first-order valence-corrected chi connectivity index (χ1v) is 10.5. The number of furan rings is 1. The van der Waals surface area contributed by atoms with Gasteiger partial charge in [0.15, 0.2) is 0 Å². The molecule has 0 spiro atoms. The molecule has 0 aromatic carbocycles. The van der Waals surface area contributed by atoms with Crippen molar-refractivity contribution in [2.24, 2.45) is 0 Å². The van der Waals surface area contributed by atoms with E-state index in [4.69, 9.17) is 8.97 Å². The summed E-state index contributed by atoms with van der Waals surface area (Å²) in [5.41, 5.74) is 0. The van der Waals surface area contributed by atoms with Gasteiger partial charge < -0.3 is 5.84 Å². The molecule has 1 N–H and O–H groups in total. The van der Waals surface area contributed by atoms with E-state index in [-0.39, 0.29) is 36.1 Å². The summed E-state index contributed by atoms with van der Waals surface area (Å²) in [6.07, 6.45) is 16.3. The van der Waals surface area contributed by atoms with Crippen molar-refractivity contribution in [3.63, 3.8) is 0 Å². The van der Waals surface area contributed by atoms with E-state index in [1.165, 1.54) is 70.3 Å². The molecule has 1 aromatic rings. The molecular weight excluding hydrogens is 335 g/mol. The van der Waals surface area contributed by atoms with Crippen molar-refractivity contribution >= 4 is 10.1 Å². The summed E-state index contributed by atoms with van der Waals surface area (Å²) in [6, 6.07) is 2.94. The van der Waals surface area contributed by atoms with Gasteiger partial charge in [0.25, 0.3) is 0 Å². The molecule has 6 heteroatoms. The van der Waals surface area contributed by atoms with E-state index in [2.05, 4.69) is 6.92 Å². The standard InChI is InChI=1S/C18H32O4S.Na.H/c1-2-3-4-5-6-7-8-9-10-11-12-13-14-17-15-16-18(22-17)23(19,20)21;;/h15-16H,2-14H2,1H3,(H,19,20,21);;/q;+1;-1. The topological polar surface area (TPSA) is 67.5 Å². The predicted molar refractivity (Wildman–Crippen MR) is 94.4 cm³/mol. The molecule has 4 nitrogen and oxygen atoms in total. The molecule has 0 aliphatic heterocycles. The van der Waals surface area contributed by atoms with Gasteiger partial charge in [-0.3, -0.25) is 4.55 Å². The first-order chi connectivity index (χ1) is 11.0. The quantitative estimate of drug-likeness (QED) is 0.311. The van der Waals surface area contributed by atoms with Crippen molar-refractivity contribution < 1.29 is 48.4 Å². The van der Waals surface area contributed by atoms with Crippen LogP contribution in [0.4, 0.5) is 0 Å². The molecule has 0 fully saturated rings. The summed E-state index contributed by atoms with van der Waals surface area (Å²) >= 11 is 0. The third-order valence-corrected chi connectivity index (χ3v) is 4.90. The van der Waals surface area contributed by atoms with Crippen LogP contribution in [0.5, 0.6) is 0 Å². The molecule has 0 saturated heterocycles. The Hall–Kier alpha value is 0.190. The Bertz CT molecular complexity index is 517. The van der Waals surface area contributed by atoms with Crippen LogP contribution < -0.4 is 29.6 Å². The Morgan fingerprint density at radius 2 is 1.33 bits per heavy atom. The van der Waals surface area contributed by atoms with Crippen LogP contribution in [0.3, 0.4) is 0 Å². The Kier molecular flexibility index (Phi) is 14.5. The number of unbranched alkanes of at least 4 members (excludes halogenated alkanes) is 11. The first kappa shape index (κ1) is 24.2. The van der Waals surface area contributed by atoms with Gasteiger partial charge in [-0.2, -0.15) is 8.42 Å². The fourth-order valence-corrected chi connectivity index (χ4v) is 3.22. The molecule has 0 saturated carbocycles. The molecule has 0 bridgehead atoms. The SMILES string of the molecule is CCCCCCCCCCCCCCc1ccc(S(=O)(=O)O)o1.[H-].[Na+]. The minimum atomic E-state index is -4.20. The van der Waals surface area contributed by atoms with Crippen molar-refractivity contribution in [1.29, 1.82) is 0 Å². The van der Waals surface area contributed by atoms with E-state index < -0.39 is 10.1 Å². The molecule has 0 amide bonds. The van der Waals surface area contributed by atoms with Crippen LogP contribution in [0.15, 0.2) is 21.6 Å². The van der Waals surface area contributed by atoms with Gasteiger partial charge in [0.1, 0.15) is 5.76 Å². The van der Waals surface area contributed by atoms with Crippen molar-refractivity contribution in [1.82, 2.24) is 0 Å². The summed E-state index contributed by atoms with van der Waals surface area (Å²) < 4.78 is 35.7. The maximum Gasteiger partial charge on any atom is 1.00 e. The molecule has 136 valence electrons. The van der Waals surface area contributed by atoms with E-state index in [1.54, 1.807) is 6.07 Å². The monoisotopic (exact) mass is 368 g/mol. The zero-order chi connectivity index (χ0) is 17.0. The zero-order valence-electron chi connectivity index (χ0n) is 16.4. The summed E-state index contributed by atoms with van der Waals surface area (Å²) in [5.74, 6) is 0.629. The molecule has 0 atom stereocenters. The Balaban J connectivity index is 0. The number of hydrogen-bond donors (Lipinski definition) is 1. The van der Waals surface area contributed by atoms with Gasteiger partial charge in [0.05, 0.1) is 0 Å². The second kappa shape index (κ2) is 14.4. The maximum atomic E-state index is 10.9. The largest absolute Gasteiger partial charge is 1.00 e. The van der Waals surface area contributed by atoms with Crippen LogP contribution in [0, 0.1) is 0 Å². The summed E-state index contributed by atoms with van der Waals surface area (Å²) in [6.45, 7) is 2.25. The molecule has 0 unspecified atom stereocenters. The van der Waals surface area contributed by atoms with E-state index in [0.29, 0.717) is 5.76 Å². The molecule has 0 radical (unpaired) electrons. The molecule has 0 aliphatic rings. The van der Waals surface area contributed by atoms with Crippen molar-refractivity contribution in [3.05, 3.63) is 17.9 Å². The van der Waals surface area contributed by atoms with Gasteiger partial charge in [-0.15, -0.1) is 0 Å². The maximum absolute atomic E-state index is 10.9. The van der Waals surface area contributed by atoms with E-state index >= 15 is 0 Å². The molecule has 1 aromatic heterocycles. The average Bonchev–Trinajstić information content (AvgIpc) is 2.97. The normalized spacial score (nSPS) is 11.4. The van der Waals surface area contributed by atoms with Gasteiger partial charge in [-0.1, -0.05) is 77.6 Å². The minimum Gasteiger partial charge on any atom is -1.00 e. The van der Waals surface area contributed by atoms with Gasteiger partial charge >= 0.3 is 39.7 Å². The van der Waals surface area contributed by atoms with Gasteiger partial charge in [0, 0.05) is 6.42 Å². The van der Waals surface area contributed by atoms with Crippen LogP contribution in [-0.4, -0.2) is 13.0 Å². The fraction of sp³-hybridized carbons (Fsp3) is 0.778. The average molecular weight is 369 g/mol. The fourth-order valence-electron chi connectivity index (χ4n) is 2.77. The third kappa shape index (κ3) is 11.7. The van der Waals surface area contributed by atoms with Gasteiger partial charge in [0.2, 0.25) is 5.09 Å². The molecule has 1 heterocycles. The predicted octanol–water partition coefficient (Wildman–Crippen LogP) is 2.89. The summed E-state index contributed by atoms with van der Waals surface area (Å²) in [4.78, 5) is 0. The summed E-state index contributed by atoms with van der Waals surface area (Å²) in [5, 5.41) is -0.355. The van der Waals surface area contributed by atoms with Crippen LogP contribution in [0.25, 0.3) is 0 Å². The third-order valence-electron chi connectivity index (χ3n) is 4.17. The van der Waals surface area contributed by atoms with Gasteiger partial charge in [-0.05, 0) is 18.6 Å². The van der Waals surface area contributed by atoms with E-state index in [1.807, 2.05) is 0 Å². The minimum absolute atomic E-state index is 0. The second-order valence-electron chi connectivity index (χ2n) is 6.33.